The van der Waals surface area contributed by atoms with Crippen molar-refractivity contribution in [3.05, 3.63) is 0 Å². The first kappa shape index (κ1) is 14.9. The first-order chi connectivity index (χ1) is 9.39. The average Bonchev–Trinajstić information content (AvgIpc) is 2.88. The van der Waals surface area contributed by atoms with Crippen LogP contribution in [0.5, 0.6) is 0 Å². The van der Waals surface area contributed by atoms with Gasteiger partial charge in [-0.25, -0.2) is 18.1 Å². The van der Waals surface area contributed by atoms with Gasteiger partial charge >= 0.3 is 13.8 Å². The molecule has 0 aromatic carbocycles. The lowest BCUT2D eigenvalue weighted by molar-refractivity contribution is -0.345. The highest BCUT2D eigenvalue weighted by Crippen LogP contribution is 2.81. The predicted octanol–water partition coefficient (Wildman–Crippen LogP) is 3.30. The zero-order valence-electron chi connectivity index (χ0n) is 12.0. The second-order valence-electron chi connectivity index (χ2n) is 6.32. The molecule has 4 saturated heterocycles. The molecular weight excluding hydrogens is 283 g/mol. The number of unbranched alkanes of at least 4 members (excludes halogenated alkanes) is 4. The van der Waals surface area contributed by atoms with Crippen LogP contribution in [0.15, 0.2) is 0 Å². The first-order valence-electron chi connectivity index (χ1n) is 7.52. The molecule has 0 aliphatic carbocycles. The van der Waals surface area contributed by atoms with Gasteiger partial charge in [-0.3, -0.25) is 0 Å². The molecule has 4 heterocycles. The lowest BCUT2D eigenvalue weighted by atomic mass is 10.0. The summed E-state index contributed by atoms with van der Waals surface area (Å²) in [6, 6.07) is 0. The molecule has 20 heavy (non-hydrogen) atoms. The number of phosphoric ester groups is 1. The summed E-state index contributed by atoms with van der Waals surface area (Å²) in [5.74, 6) is -2.48. The fourth-order valence-electron chi connectivity index (χ4n) is 2.90. The van der Waals surface area contributed by atoms with Crippen LogP contribution < -0.4 is 0 Å². The summed E-state index contributed by atoms with van der Waals surface area (Å²) in [6.07, 6.45) is 7.67. The fourth-order valence-corrected chi connectivity index (χ4v) is 4.45. The van der Waals surface area contributed by atoms with Crippen LogP contribution in [0.25, 0.3) is 0 Å². The zero-order valence-corrected chi connectivity index (χ0v) is 12.9. The zero-order chi connectivity index (χ0) is 14.4. The molecule has 2 unspecified atom stereocenters. The van der Waals surface area contributed by atoms with E-state index in [1.54, 1.807) is 0 Å². The van der Waals surface area contributed by atoms with E-state index in [9.17, 15) is 9.67 Å². The fraction of sp³-hybridized carbons (Fsp3) is 1.00. The van der Waals surface area contributed by atoms with E-state index in [-0.39, 0.29) is 6.10 Å². The maximum atomic E-state index is 11.5. The molecule has 0 aromatic rings. The molecule has 4 aliphatic heterocycles. The van der Waals surface area contributed by atoms with Crippen molar-refractivity contribution in [2.45, 2.75) is 76.7 Å². The Hall–Kier alpha value is 0.0300. The summed E-state index contributed by atoms with van der Waals surface area (Å²) in [5, 5.41) is 9.84. The highest BCUT2D eigenvalue weighted by Gasteiger charge is 2.90. The summed E-state index contributed by atoms with van der Waals surface area (Å²) in [4.78, 5) is 0. The third-order valence-corrected chi connectivity index (χ3v) is 5.53. The van der Waals surface area contributed by atoms with Crippen LogP contribution >= 0.6 is 7.82 Å². The molecule has 2 atom stereocenters. The molecule has 0 saturated carbocycles. The van der Waals surface area contributed by atoms with Gasteiger partial charge in [0.05, 0.1) is 0 Å². The minimum Gasteiger partial charge on any atom is -0.338 e. The van der Waals surface area contributed by atoms with E-state index in [4.69, 9.17) is 18.3 Å². The first-order valence-corrected chi connectivity index (χ1v) is 8.98. The molecule has 1 N–H and O–H groups in total. The van der Waals surface area contributed by atoms with Crippen molar-refractivity contribution in [2.24, 2.45) is 5.92 Å². The van der Waals surface area contributed by atoms with Crippen molar-refractivity contribution in [1.29, 1.82) is 0 Å². The second kappa shape index (κ2) is 5.04. The Morgan fingerprint density at radius 1 is 1.10 bits per heavy atom. The van der Waals surface area contributed by atoms with Crippen molar-refractivity contribution in [1.82, 2.24) is 0 Å². The molecule has 1 spiro atoms. The lowest BCUT2D eigenvalue weighted by Gasteiger charge is -2.28. The molecule has 4 fully saturated rings. The Morgan fingerprint density at radius 2 is 1.75 bits per heavy atom. The van der Waals surface area contributed by atoms with E-state index in [0.717, 1.165) is 25.2 Å². The van der Waals surface area contributed by atoms with E-state index < -0.39 is 19.6 Å². The molecule has 4 rings (SSSR count). The topological polar surface area (TPSA) is 77.5 Å². The van der Waals surface area contributed by atoms with Gasteiger partial charge in [0, 0.05) is 0 Å². The summed E-state index contributed by atoms with van der Waals surface area (Å²) in [7, 11) is -3.50. The van der Waals surface area contributed by atoms with E-state index >= 15 is 0 Å². The Morgan fingerprint density at radius 3 is 2.35 bits per heavy atom. The van der Waals surface area contributed by atoms with Crippen LogP contribution in [0.4, 0.5) is 0 Å². The quantitative estimate of drug-likeness (QED) is 0.421. The van der Waals surface area contributed by atoms with Crippen LogP contribution in [0.1, 0.15) is 58.8 Å². The minimum atomic E-state index is -3.50. The summed E-state index contributed by atoms with van der Waals surface area (Å²) >= 11 is 0. The number of phosphoric acid groups is 1. The SMILES string of the molecule is CC(C)CCCCCCCC1OC12OP1(=O)OC2(O)O1. The minimum absolute atomic E-state index is 0.276. The maximum Gasteiger partial charge on any atom is 0.486 e. The molecule has 7 heteroatoms. The van der Waals surface area contributed by atoms with Gasteiger partial charge in [-0.2, -0.15) is 0 Å². The summed E-state index contributed by atoms with van der Waals surface area (Å²) in [6.45, 7) is 4.49. The van der Waals surface area contributed by atoms with E-state index in [1.807, 2.05) is 0 Å². The van der Waals surface area contributed by atoms with Crippen LogP contribution in [0.2, 0.25) is 0 Å². The van der Waals surface area contributed by atoms with Gasteiger partial charge < -0.3 is 9.84 Å². The van der Waals surface area contributed by atoms with Crippen molar-refractivity contribution < 1.29 is 28.0 Å². The number of hydrogen-bond acceptors (Lipinski definition) is 6. The van der Waals surface area contributed by atoms with Crippen LogP contribution in [-0.2, 0) is 22.9 Å². The van der Waals surface area contributed by atoms with Gasteiger partial charge in [0.25, 0.3) is 5.79 Å². The maximum absolute atomic E-state index is 11.5. The number of ether oxygens (including phenoxy) is 1. The van der Waals surface area contributed by atoms with Gasteiger partial charge in [-0.1, -0.05) is 52.4 Å². The monoisotopic (exact) mass is 306 g/mol. The Balaban J connectivity index is 1.30. The highest BCUT2D eigenvalue weighted by molar-refractivity contribution is 7.50. The Kier molecular flexibility index (Phi) is 3.77. The van der Waals surface area contributed by atoms with Gasteiger partial charge in [-0.05, 0) is 12.3 Å². The molecule has 0 aromatic heterocycles. The molecule has 116 valence electrons. The van der Waals surface area contributed by atoms with Crippen molar-refractivity contribution in [3.8, 4) is 0 Å². The Labute approximate surface area is 119 Å². The number of epoxide rings is 1. The molecule has 0 amide bonds. The third-order valence-electron chi connectivity index (χ3n) is 4.09. The van der Waals surface area contributed by atoms with Crippen molar-refractivity contribution in [2.75, 3.05) is 0 Å². The average molecular weight is 306 g/mol. The van der Waals surface area contributed by atoms with E-state index in [1.165, 1.54) is 25.7 Å². The molecular formula is C13H23O6P. The molecule has 6 nitrogen and oxygen atoms in total. The van der Waals surface area contributed by atoms with Gasteiger partial charge in [-0.15, -0.1) is 0 Å². The van der Waals surface area contributed by atoms with Crippen LogP contribution in [-0.4, -0.2) is 23.0 Å². The van der Waals surface area contributed by atoms with Crippen LogP contribution in [0.3, 0.4) is 0 Å². The number of hydrogen-bond donors (Lipinski definition) is 1. The second-order valence-corrected chi connectivity index (χ2v) is 7.76. The lowest BCUT2D eigenvalue weighted by Crippen LogP contribution is -2.47. The predicted molar refractivity (Wildman–Crippen MR) is 70.6 cm³/mol. The van der Waals surface area contributed by atoms with E-state index in [2.05, 4.69) is 13.8 Å². The standard InChI is InChI=1S/C13H23O6P/c1-10(2)8-6-4-3-5-7-9-11-12(16-11)13(14)18-20(15,17-12)19-13/h10-11,14H,3-9H2,1-2H3. The number of rotatable bonds is 8. The van der Waals surface area contributed by atoms with Gasteiger partial charge in [0.15, 0.2) is 0 Å². The smallest absolute Gasteiger partial charge is 0.338 e. The molecule has 0 radical (unpaired) electrons. The largest absolute Gasteiger partial charge is 0.486 e. The van der Waals surface area contributed by atoms with Crippen LogP contribution in [0, 0.1) is 5.92 Å². The van der Waals surface area contributed by atoms with E-state index in [0.29, 0.717) is 0 Å². The van der Waals surface area contributed by atoms with Crippen molar-refractivity contribution in [3.63, 3.8) is 0 Å². The Bertz CT molecular complexity index is 415. The normalized spacial score (nSPS) is 45.1. The van der Waals surface area contributed by atoms with Gasteiger partial charge in [0.1, 0.15) is 6.10 Å². The molecule has 2 bridgehead atoms. The highest BCUT2D eigenvalue weighted by atomic mass is 31.2. The van der Waals surface area contributed by atoms with Crippen molar-refractivity contribution >= 4 is 7.82 Å². The number of aliphatic hydroxyl groups is 1. The third kappa shape index (κ3) is 2.47. The summed E-state index contributed by atoms with van der Waals surface area (Å²) in [5.41, 5.74) is 0. The summed E-state index contributed by atoms with van der Waals surface area (Å²) < 4.78 is 31.4. The van der Waals surface area contributed by atoms with Gasteiger partial charge in [0.2, 0.25) is 0 Å². The molecule has 4 aliphatic rings.